The highest BCUT2D eigenvalue weighted by Crippen LogP contribution is 2.17. The van der Waals surface area contributed by atoms with Gasteiger partial charge in [0, 0.05) is 6.54 Å². The summed E-state index contributed by atoms with van der Waals surface area (Å²) in [4.78, 5) is 0. The van der Waals surface area contributed by atoms with Crippen LogP contribution in [-0.2, 0) is 0 Å². The highest BCUT2D eigenvalue weighted by Gasteiger charge is 2.23. The van der Waals surface area contributed by atoms with Gasteiger partial charge in [-0.1, -0.05) is 6.92 Å². The average molecular weight is 130 g/mol. The Bertz CT molecular complexity index is 87.1. The Labute approximate surface area is 55.4 Å². The number of hydrazine groups is 1. The van der Waals surface area contributed by atoms with Crippen LogP contribution in [0, 0.1) is 5.92 Å². The van der Waals surface area contributed by atoms with Crippen molar-refractivity contribution >= 4 is 0 Å². The second-order valence-electron chi connectivity index (χ2n) is 2.77. The van der Waals surface area contributed by atoms with Crippen molar-refractivity contribution < 1.29 is 5.11 Å². The quantitative estimate of drug-likeness (QED) is 0.450. The molecule has 0 radical (unpaired) electrons. The van der Waals surface area contributed by atoms with E-state index in [0.717, 1.165) is 19.4 Å². The van der Waals surface area contributed by atoms with Crippen LogP contribution in [0.2, 0.25) is 0 Å². The van der Waals surface area contributed by atoms with Crippen molar-refractivity contribution in [3.8, 4) is 0 Å². The largest absolute Gasteiger partial charge is 0.377 e. The molecule has 3 nitrogen and oxygen atoms in total. The normalized spacial score (nSPS) is 39.0. The summed E-state index contributed by atoms with van der Waals surface area (Å²) in [6.07, 6.45) is 1.78. The lowest BCUT2D eigenvalue weighted by Crippen LogP contribution is -2.48. The molecule has 3 heteroatoms. The number of hydrogen-bond donors (Lipinski definition) is 2. The molecule has 0 aromatic heterocycles. The standard InChI is InChI=1S/C6H14N2O/c1-5-3-2-4-8(7)6(5)9/h5-6,9H,2-4,7H2,1H3. The van der Waals surface area contributed by atoms with E-state index in [1.165, 1.54) is 5.01 Å². The van der Waals surface area contributed by atoms with Gasteiger partial charge in [0.05, 0.1) is 0 Å². The van der Waals surface area contributed by atoms with Crippen molar-refractivity contribution in [2.24, 2.45) is 11.8 Å². The third kappa shape index (κ3) is 1.41. The molecule has 1 fully saturated rings. The molecule has 1 aliphatic heterocycles. The summed E-state index contributed by atoms with van der Waals surface area (Å²) in [5.41, 5.74) is 0. The van der Waals surface area contributed by atoms with E-state index >= 15 is 0 Å². The summed E-state index contributed by atoms with van der Waals surface area (Å²) in [5.74, 6) is 5.79. The average Bonchev–Trinajstić information content (AvgIpc) is 1.83. The van der Waals surface area contributed by atoms with Crippen LogP contribution in [0.4, 0.5) is 0 Å². The van der Waals surface area contributed by atoms with Crippen LogP contribution in [0.3, 0.4) is 0 Å². The van der Waals surface area contributed by atoms with E-state index in [2.05, 4.69) is 0 Å². The fourth-order valence-corrected chi connectivity index (χ4v) is 1.20. The minimum atomic E-state index is -0.418. The van der Waals surface area contributed by atoms with Crippen molar-refractivity contribution in [3.63, 3.8) is 0 Å². The zero-order chi connectivity index (χ0) is 6.85. The van der Waals surface area contributed by atoms with Crippen LogP contribution in [0.5, 0.6) is 0 Å². The first-order valence-electron chi connectivity index (χ1n) is 3.41. The Morgan fingerprint density at radius 3 is 2.78 bits per heavy atom. The van der Waals surface area contributed by atoms with Crippen LogP contribution in [0.1, 0.15) is 19.8 Å². The van der Waals surface area contributed by atoms with Crippen LogP contribution in [0.25, 0.3) is 0 Å². The van der Waals surface area contributed by atoms with E-state index in [1.807, 2.05) is 6.92 Å². The fraction of sp³-hybridized carbons (Fsp3) is 1.00. The lowest BCUT2D eigenvalue weighted by molar-refractivity contribution is -0.0608. The Hall–Kier alpha value is -0.120. The Balaban J connectivity index is 2.41. The van der Waals surface area contributed by atoms with Gasteiger partial charge in [0.25, 0.3) is 0 Å². The number of rotatable bonds is 0. The number of aliphatic hydroxyl groups excluding tert-OH is 1. The first-order valence-corrected chi connectivity index (χ1v) is 3.41. The van der Waals surface area contributed by atoms with Gasteiger partial charge in [0.2, 0.25) is 0 Å². The molecule has 3 N–H and O–H groups in total. The fourth-order valence-electron chi connectivity index (χ4n) is 1.20. The molecular weight excluding hydrogens is 116 g/mol. The van der Waals surface area contributed by atoms with Gasteiger partial charge in [-0.25, -0.2) is 5.01 Å². The van der Waals surface area contributed by atoms with Crippen LogP contribution in [0.15, 0.2) is 0 Å². The molecule has 1 heterocycles. The van der Waals surface area contributed by atoms with Gasteiger partial charge < -0.3 is 5.11 Å². The van der Waals surface area contributed by atoms with E-state index in [-0.39, 0.29) is 0 Å². The molecule has 0 bridgehead atoms. The Kier molecular flexibility index (Phi) is 2.05. The molecule has 0 aromatic carbocycles. The van der Waals surface area contributed by atoms with Crippen LogP contribution < -0.4 is 5.84 Å². The number of aliphatic hydroxyl groups is 1. The third-order valence-corrected chi connectivity index (χ3v) is 1.92. The molecule has 1 saturated heterocycles. The maximum absolute atomic E-state index is 9.25. The monoisotopic (exact) mass is 130 g/mol. The van der Waals surface area contributed by atoms with Crippen molar-refractivity contribution in [3.05, 3.63) is 0 Å². The van der Waals surface area contributed by atoms with Gasteiger partial charge in [0.1, 0.15) is 6.23 Å². The number of nitrogens with zero attached hydrogens (tertiary/aromatic N) is 1. The summed E-state index contributed by atoms with van der Waals surface area (Å²) in [7, 11) is 0. The first-order chi connectivity index (χ1) is 4.22. The lowest BCUT2D eigenvalue weighted by atomic mass is 10.00. The first kappa shape index (κ1) is 6.99. The van der Waals surface area contributed by atoms with Gasteiger partial charge in [-0.2, -0.15) is 0 Å². The summed E-state index contributed by atoms with van der Waals surface area (Å²) < 4.78 is 0. The topological polar surface area (TPSA) is 49.5 Å². The molecule has 0 aliphatic carbocycles. The Morgan fingerprint density at radius 1 is 1.67 bits per heavy atom. The highest BCUT2D eigenvalue weighted by molar-refractivity contribution is 4.69. The lowest BCUT2D eigenvalue weighted by Gasteiger charge is -2.32. The molecule has 54 valence electrons. The highest BCUT2D eigenvalue weighted by atomic mass is 16.3. The predicted molar refractivity (Wildman–Crippen MR) is 35.3 cm³/mol. The number of hydrogen-bond acceptors (Lipinski definition) is 3. The van der Waals surface area contributed by atoms with Gasteiger partial charge >= 0.3 is 0 Å². The zero-order valence-electron chi connectivity index (χ0n) is 5.75. The molecule has 1 aliphatic rings. The van der Waals surface area contributed by atoms with Crippen LogP contribution in [-0.4, -0.2) is 22.9 Å². The summed E-state index contributed by atoms with van der Waals surface area (Å²) in [6.45, 7) is 2.84. The summed E-state index contributed by atoms with van der Waals surface area (Å²) in [6, 6.07) is 0. The zero-order valence-corrected chi connectivity index (χ0v) is 5.75. The minimum absolute atomic E-state index is 0.337. The molecule has 2 unspecified atom stereocenters. The third-order valence-electron chi connectivity index (χ3n) is 1.92. The molecule has 0 saturated carbocycles. The van der Waals surface area contributed by atoms with E-state index < -0.39 is 6.23 Å². The van der Waals surface area contributed by atoms with Gasteiger partial charge in [-0.3, -0.25) is 5.84 Å². The Morgan fingerprint density at radius 2 is 2.33 bits per heavy atom. The number of piperidine rings is 1. The SMILES string of the molecule is CC1CCCN(N)C1O. The molecule has 2 atom stereocenters. The molecule has 0 spiro atoms. The van der Waals surface area contributed by atoms with Gasteiger partial charge in [-0.05, 0) is 18.8 Å². The molecule has 1 rings (SSSR count). The molecule has 0 aromatic rings. The second-order valence-corrected chi connectivity index (χ2v) is 2.77. The minimum Gasteiger partial charge on any atom is -0.377 e. The second kappa shape index (κ2) is 2.64. The van der Waals surface area contributed by atoms with Gasteiger partial charge in [0.15, 0.2) is 0 Å². The molecule has 0 amide bonds. The maximum Gasteiger partial charge on any atom is 0.122 e. The summed E-state index contributed by atoms with van der Waals surface area (Å²) >= 11 is 0. The summed E-state index contributed by atoms with van der Waals surface area (Å²) in [5, 5.41) is 10.8. The smallest absolute Gasteiger partial charge is 0.122 e. The van der Waals surface area contributed by atoms with E-state index in [4.69, 9.17) is 5.84 Å². The van der Waals surface area contributed by atoms with E-state index in [0.29, 0.717) is 5.92 Å². The number of nitrogens with two attached hydrogens (primary N) is 1. The van der Waals surface area contributed by atoms with E-state index in [1.54, 1.807) is 0 Å². The van der Waals surface area contributed by atoms with E-state index in [9.17, 15) is 5.11 Å². The molecule has 9 heavy (non-hydrogen) atoms. The molecular formula is C6H14N2O. The van der Waals surface area contributed by atoms with Crippen molar-refractivity contribution in [2.75, 3.05) is 6.54 Å². The predicted octanol–water partition coefficient (Wildman–Crippen LogP) is -0.0896. The van der Waals surface area contributed by atoms with Crippen molar-refractivity contribution in [1.82, 2.24) is 5.01 Å². The van der Waals surface area contributed by atoms with Crippen molar-refractivity contribution in [2.45, 2.75) is 26.0 Å². The van der Waals surface area contributed by atoms with Crippen molar-refractivity contribution in [1.29, 1.82) is 0 Å². The maximum atomic E-state index is 9.25. The van der Waals surface area contributed by atoms with Crippen LogP contribution >= 0.6 is 0 Å². The van der Waals surface area contributed by atoms with Gasteiger partial charge in [-0.15, -0.1) is 0 Å².